The second-order valence-corrected chi connectivity index (χ2v) is 5.91. The summed E-state index contributed by atoms with van der Waals surface area (Å²) in [6.45, 7) is 2.54. The first kappa shape index (κ1) is 14.0. The summed E-state index contributed by atoms with van der Waals surface area (Å²) in [5, 5.41) is 3.08. The maximum atomic E-state index is 11.9. The molecule has 1 aliphatic carbocycles. The number of hydrogen-bond acceptors (Lipinski definition) is 3. The minimum absolute atomic E-state index is 0.0211. The van der Waals surface area contributed by atoms with E-state index in [1.807, 2.05) is 24.3 Å². The molecule has 1 saturated carbocycles. The van der Waals surface area contributed by atoms with Crippen LogP contribution in [0.4, 0.5) is 0 Å². The third-order valence-corrected chi connectivity index (χ3v) is 4.19. The smallest absolute Gasteiger partial charge is 0.244 e. The van der Waals surface area contributed by atoms with Gasteiger partial charge in [-0.25, -0.2) is 0 Å². The van der Waals surface area contributed by atoms with E-state index in [4.69, 9.17) is 9.47 Å². The molecular weight excluding hydrogens is 266 g/mol. The van der Waals surface area contributed by atoms with Crippen molar-refractivity contribution in [3.8, 4) is 11.5 Å². The molecule has 0 radical (unpaired) electrons. The molecule has 4 nitrogen and oxygen atoms in total. The zero-order valence-corrected chi connectivity index (χ0v) is 12.3. The molecule has 1 heterocycles. The topological polar surface area (TPSA) is 47.6 Å². The molecule has 0 spiro atoms. The van der Waals surface area contributed by atoms with Crippen LogP contribution in [0.25, 0.3) is 6.08 Å². The summed E-state index contributed by atoms with van der Waals surface area (Å²) in [4.78, 5) is 11.9. The number of carbonyl (C=O) groups excluding carboxylic acids is 1. The van der Waals surface area contributed by atoms with Gasteiger partial charge >= 0.3 is 0 Å². The van der Waals surface area contributed by atoms with Gasteiger partial charge in [0.2, 0.25) is 12.7 Å². The van der Waals surface area contributed by atoms with Crippen molar-refractivity contribution in [3.05, 3.63) is 29.8 Å². The fraction of sp³-hybridized carbons (Fsp3) is 0.471. The van der Waals surface area contributed by atoms with Crippen LogP contribution in [0.3, 0.4) is 0 Å². The third-order valence-electron chi connectivity index (χ3n) is 4.19. The molecule has 1 aliphatic heterocycles. The Hall–Kier alpha value is -1.97. The highest BCUT2D eigenvalue weighted by Gasteiger charge is 2.18. The molecule has 0 atom stereocenters. The van der Waals surface area contributed by atoms with Crippen molar-refractivity contribution in [1.82, 2.24) is 5.32 Å². The van der Waals surface area contributed by atoms with Crippen molar-refractivity contribution in [1.29, 1.82) is 0 Å². The highest BCUT2D eigenvalue weighted by atomic mass is 16.7. The van der Waals surface area contributed by atoms with Crippen molar-refractivity contribution in [2.24, 2.45) is 5.92 Å². The Labute approximate surface area is 125 Å². The van der Waals surface area contributed by atoms with Gasteiger partial charge in [0.05, 0.1) is 0 Å². The molecule has 0 aromatic heterocycles. The van der Waals surface area contributed by atoms with Gasteiger partial charge in [0.1, 0.15) is 0 Å². The van der Waals surface area contributed by atoms with Gasteiger partial charge in [0, 0.05) is 12.1 Å². The molecule has 4 heteroatoms. The number of amides is 1. The second-order valence-electron chi connectivity index (χ2n) is 5.91. The van der Waals surface area contributed by atoms with Crippen LogP contribution in [0, 0.1) is 5.92 Å². The Morgan fingerprint density at radius 2 is 1.95 bits per heavy atom. The molecule has 1 aromatic carbocycles. The SMILES string of the molecule is C[C@H]1CC[C@H](NC(=O)C=Cc2ccc3c(c2)OCO3)CC1. The number of nitrogens with one attached hydrogen (secondary N) is 1. The van der Waals surface area contributed by atoms with Crippen molar-refractivity contribution in [2.75, 3.05) is 6.79 Å². The van der Waals surface area contributed by atoms with Crippen LogP contribution in [0.2, 0.25) is 0 Å². The van der Waals surface area contributed by atoms with Gasteiger partial charge < -0.3 is 14.8 Å². The number of carbonyl (C=O) groups is 1. The Morgan fingerprint density at radius 3 is 2.76 bits per heavy atom. The molecule has 2 aliphatic rings. The predicted molar refractivity (Wildman–Crippen MR) is 81.2 cm³/mol. The van der Waals surface area contributed by atoms with Gasteiger partial charge in [-0.1, -0.05) is 13.0 Å². The first-order valence-corrected chi connectivity index (χ1v) is 7.59. The third kappa shape index (κ3) is 3.57. The second kappa shape index (κ2) is 6.20. The van der Waals surface area contributed by atoms with E-state index in [1.54, 1.807) is 6.08 Å². The molecule has 0 saturated heterocycles. The lowest BCUT2D eigenvalue weighted by atomic mass is 9.87. The van der Waals surface area contributed by atoms with Crippen LogP contribution in [0.15, 0.2) is 24.3 Å². The molecule has 1 N–H and O–H groups in total. The summed E-state index contributed by atoms with van der Waals surface area (Å²) in [6, 6.07) is 5.99. The Balaban J connectivity index is 1.54. The zero-order valence-electron chi connectivity index (χ0n) is 12.3. The van der Waals surface area contributed by atoms with Gasteiger partial charge in [-0.3, -0.25) is 4.79 Å². The standard InChI is InChI=1S/C17H21NO3/c1-12-2-6-14(7-3-12)18-17(19)9-5-13-4-8-15-16(10-13)21-11-20-15/h4-5,8-10,12,14H,2-3,6-7,11H2,1H3,(H,18,19)/t12-,14-. The van der Waals surface area contributed by atoms with Crippen LogP contribution < -0.4 is 14.8 Å². The van der Waals surface area contributed by atoms with E-state index in [-0.39, 0.29) is 12.7 Å². The molecule has 112 valence electrons. The molecule has 3 rings (SSSR count). The molecule has 21 heavy (non-hydrogen) atoms. The highest BCUT2D eigenvalue weighted by molar-refractivity contribution is 5.92. The van der Waals surface area contributed by atoms with Crippen molar-refractivity contribution < 1.29 is 14.3 Å². The van der Waals surface area contributed by atoms with E-state index in [2.05, 4.69) is 12.2 Å². The number of hydrogen-bond donors (Lipinski definition) is 1. The quantitative estimate of drug-likeness (QED) is 0.869. The fourth-order valence-electron chi connectivity index (χ4n) is 2.84. The minimum atomic E-state index is -0.0211. The first-order valence-electron chi connectivity index (χ1n) is 7.59. The Bertz CT molecular complexity index is 545. The van der Waals surface area contributed by atoms with E-state index in [9.17, 15) is 4.79 Å². The predicted octanol–water partition coefficient (Wildman–Crippen LogP) is 3.12. The number of rotatable bonds is 3. The molecular formula is C17H21NO3. The highest BCUT2D eigenvalue weighted by Crippen LogP contribution is 2.32. The average molecular weight is 287 g/mol. The molecule has 0 bridgehead atoms. The van der Waals surface area contributed by atoms with Crippen LogP contribution in [0.1, 0.15) is 38.2 Å². The maximum absolute atomic E-state index is 11.9. The summed E-state index contributed by atoms with van der Waals surface area (Å²) < 4.78 is 10.6. The lowest BCUT2D eigenvalue weighted by Crippen LogP contribution is -2.36. The van der Waals surface area contributed by atoms with Crippen LogP contribution in [0.5, 0.6) is 11.5 Å². The van der Waals surface area contributed by atoms with Gasteiger partial charge in [-0.05, 0) is 55.4 Å². The van der Waals surface area contributed by atoms with E-state index < -0.39 is 0 Å². The van der Waals surface area contributed by atoms with E-state index >= 15 is 0 Å². The number of ether oxygens (including phenoxy) is 2. The summed E-state index contributed by atoms with van der Waals surface area (Å²) in [5.41, 5.74) is 0.937. The van der Waals surface area contributed by atoms with Crippen molar-refractivity contribution >= 4 is 12.0 Å². The molecule has 1 fully saturated rings. The van der Waals surface area contributed by atoms with Gasteiger partial charge in [0.15, 0.2) is 11.5 Å². The van der Waals surface area contributed by atoms with E-state index in [0.717, 1.165) is 35.8 Å². The van der Waals surface area contributed by atoms with E-state index in [0.29, 0.717) is 6.04 Å². The Morgan fingerprint density at radius 1 is 1.19 bits per heavy atom. The molecule has 1 amide bonds. The maximum Gasteiger partial charge on any atom is 0.244 e. The monoisotopic (exact) mass is 287 g/mol. The van der Waals surface area contributed by atoms with Gasteiger partial charge in [-0.2, -0.15) is 0 Å². The van der Waals surface area contributed by atoms with Crippen LogP contribution >= 0.6 is 0 Å². The average Bonchev–Trinajstić information content (AvgIpc) is 2.95. The largest absolute Gasteiger partial charge is 0.454 e. The van der Waals surface area contributed by atoms with E-state index in [1.165, 1.54) is 12.8 Å². The molecule has 0 unspecified atom stereocenters. The number of fused-ring (bicyclic) bond motifs is 1. The summed E-state index contributed by atoms with van der Waals surface area (Å²) in [6.07, 6.45) is 7.99. The minimum Gasteiger partial charge on any atom is -0.454 e. The lowest BCUT2D eigenvalue weighted by molar-refractivity contribution is -0.117. The van der Waals surface area contributed by atoms with Gasteiger partial charge in [0.25, 0.3) is 0 Å². The zero-order chi connectivity index (χ0) is 14.7. The summed E-state index contributed by atoms with van der Waals surface area (Å²) >= 11 is 0. The first-order chi connectivity index (χ1) is 10.2. The van der Waals surface area contributed by atoms with Crippen molar-refractivity contribution in [3.63, 3.8) is 0 Å². The number of benzene rings is 1. The van der Waals surface area contributed by atoms with Crippen LogP contribution in [-0.4, -0.2) is 18.7 Å². The lowest BCUT2D eigenvalue weighted by Gasteiger charge is -2.26. The fourth-order valence-corrected chi connectivity index (χ4v) is 2.84. The Kier molecular flexibility index (Phi) is 4.13. The normalized spacial score (nSPS) is 24.2. The van der Waals surface area contributed by atoms with Crippen molar-refractivity contribution in [2.45, 2.75) is 38.6 Å². The van der Waals surface area contributed by atoms with Gasteiger partial charge in [-0.15, -0.1) is 0 Å². The van der Waals surface area contributed by atoms with Crippen LogP contribution in [-0.2, 0) is 4.79 Å². The summed E-state index contributed by atoms with van der Waals surface area (Å²) in [7, 11) is 0. The summed E-state index contributed by atoms with van der Waals surface area (Å²) in [5.74, 6) is 2.27. The molecule has 1 aromatic rings.